The molecule has 1 amide bonds. The summed E-state index contributed by atoms with van der Waals surface area (Å²) >= 11 is 0. The standard InChI is InChI=1S/C17H26N2O5S/c1-16(2,3)19-25(23,24)13-8-6-12(7-9-13)14(20)18-11-10-17(4,5)15(21)22/h6-9,19H,10-11H2,1-5H3,(H,18,20)(H,21,22). The van der Waals surface area contributed by atoms with Crippen molar-refractivity contribution in [2.75, 3.05) is 6.54 Å². The highest BCUT2D eigenvalue weighted by Crippen LogP contribution is 2.19. The average molecular weight is 370 g/mol. The minimum atomic E-state index is -3.65. The molecule has 0 heterocycles. The zero-order valence-corrected chi connectivity index (χ0v) is 16.0. The molecule has 1 rings (SSSR count). The zero-order valence-electron chi connectivity index (χ0n) is 15.2. The first-order valence-electron chi connectivity index (χ1n) is 7.90. The molecule has 0 bridgehead atoms. The van der Waals surface area contributed by atoms with Crippen molar-refractivity contribution in [1.82, 2.24) is 10.0 Å². The van der Waals surface area contributed by atoms with E-state index < -0.39 is 26.9 Å². The molecule has 0 aliphatic heterocycles. The highest BCUT2D eigenvalue weighted by atomic mass is 32.2. The van der Waals surface area contributed by atoms with Gasteiger partial charge in [0.2, 0.25) is 10.0 Å². The van der Waals surface area contributed by atoms with Gasteiger partial charge in [-0.3, -0.25) is 9.59 Å². The molecule has 0 unspecified atom stereocenters. The fourth-order valence-electron chi connectivity index (χ4n) is 1.95. The van der Waals surface area contributed by atoms with Gasteiger partial charge in [0.05, 0.1) is 10.3 Å². The molecule has 3 N–H and O–H groups in total. The van der Waals surface area contributed by atoms with Crippen LogP contribution in [0, 0.1) is 5.41 Å². The van der Waals surface area contributed by atoms with Crippen LogP contribution in [0.3, 0.4) is 0 Å². The van der Waals surface area contributed by atoms with E-state index in [0.717, 1.165) is 0 Å². The molecule has 0 fully saturated rings. The topological polar surface area (TPSA) is 113 Å². The molecule has 8 heteroatoms. The van der Waals surface area contributed by atoms with Gasteiger partial charge in [0.15, 0.2) is 0 Å². The van der Waals surface area contributed by atoms with E-state index in [9.17, 15) is 18.0 Å². The van der Waals surface area contributed by atoms with Crippen molar-refractivity contribution < 1.29 is 23.1 Å². The minimum Gasteiger partial charge on any atom is -0.481 e. The molecule has 0 atom stereocenters. The van der Waals surface area contributed by atoms with E-state index >= 15 is 0 Å². The van der Waals surface area contributed by atoms with Gasteiger partial charge >= 0.3 is 5.97 Å². The van der Waals surface area contributed by atoms with Crippen LogP contribution in [0.25, 0.3) is 0 Å². The van der Waals surface area contributed by atoms with Gasteiger partial charge in [-0.1, -0.05) is 0 Å². The van der Waals surface area contributed by atoms with Gasteiger partial charge in [-0.05, 0) is 65.3 Å². The molecular weight excluding hydrogens is 344 g/mol. The summed E-state index contributed by atoms with van der Waals surface area (Å²) in [5, 5.41) is 11.7. The third-order valence-electron chi connectivity index (χ3n) is 3.48. The number of nitrogens with one attached hydrogen (secondary N) is 2. The first-order valence-corrected chi connectivity index (χ1v) is 9.39. The number of hydrogen-bond donors (Lipinski definition) is 3. The quantitative estimate of drug-likeness (QED) is 0.679. The predicted octanol–water partition coefficient (Wildman–Crippen LogP) is 1.99. The molecule has 1 aromatic rings. The maximum Gasteiger partial charge on any atom is 0.309 e. The lowest BCUT2D eigenvalue weighted by atomic mass is 9.90. The van der Waals surface area contributed by atoms with Gasteiger partial charge in [-0.25, -0.2) is 13.1 Å². The second-order valence-electron chi connectivity index (χ2n) is 7.57. The molecule has 0 aliphatic carbocycles. The van der Waals surface area contributed by atoms with Crippen LogP contribution < -0.4 is 10.0 Å². The Labute approximate surface area is 148 Å². The first kappa shape index (κ1) is 21.1. The first-order chi connectivity index (χ1) is 11.2. The van der Waals surface area contributed by atoms with Crippen LogP contribution >= 0.6 is 0 Å². The number of carbonyl (C=O) groups is 2. The van der Waals surface area contributed by atoms with E-state index in [1.54, 1.807) is 34.6 Å². The third kappa shape index (κ3) is 6.47. The number of rotatable bonds is 7. The molecule has 1 aromatic carbocycles. The number of carboxylic acids is 1. The Morgan fingerprint density at radius 2 is 1.56 bits per heavy atom. The largest absolute Gasteiger partial charge is 0.481 e. The van der Waals surface area contributed by atoms with Gasteiger partial charge in [0, 0.05) is 17.6 Å². The van der Waals surface area contributed by atoms with Gasteiger partial charge in [0.1, 0.15) is 0 Å². The number of benzene rings is 1. The highest BCUT2D eigenvalue weighted by Gasteiger charge is 2.26. The zero-order chi connectivity index (χ0) is 19.5. The summed E-state index contributed by atoms with van der Waals surface area (Å²) in [4.78, 5) is 23.2. The van der Waals surface area contributed by atoms with E-state index in [1.165, 1.54) is 24.3 Å². The maximum atomic E-state index is 12.2. The van der Waals surface area contributed by atoms with Crippen molar-refractivity contribution in [2.45, 2.75) is 51.5 Å². The van der Waals surface area contributed by atoms with E-state index in [-0.39, 0.29) is 23.8 Å². The van der Waals surface area contributed by atoms with Crippen LogP contribution in [-0.2, 0) is 14.8 Å². The number of carboxylic acid groups (broad SMARTS) is 1. The van der Waals surface area contributed by atoms with Crippen molar-refractivity contribution in [3.63, 3.8) is 0 Å². The molecule has 0 saturated carbocycles. The Morgan fingerprint density at radius 1 is 1.04 bits per heavy atom. The van der Waals surface area contributed by atoms with Gasteiger partial charge in [-0.15, -0.1) is 0 Å². The lowest BCUT2D eigenvalue weighted by Gasteiger charge is -2.20. The van der Waals surface area contributed by atoms with Crippen molar-refractivity contribution in [3.8, 4) is 0 Å². The van der Waals surface area contributed by atoms with E-state index in [0.29, 0.717) is 5.56 Å². The average Bonchev–Trinajstić information content (AvgIpc) is 2.44. The molecule has 0 spiro atoms. The fraction of sp³-hybridized carbons (Fsp3) is 0.529. The van der Waals surface area contributed by atoms with Crippen molar-refractivity contribution in [2.24, 2.45) is 5.41 Å². The predicted molar refractivity (Wildman–Crippen MR) is 94.9 cm³/mol. The molecule has 0 aromatic heterocycles. The second-order valence-corrected chi connectivity index (χ2v) is 9.26. The number of sulfonamides is 1. The number of aliphatic carboxylic acids is 1. The molecule has 7 nitrogen and oxygen atoms in total. The van der Waals surface area contributed by atoms with Crippen molar-refractivity contribution in [3.05, 3.63) is 29.8 Å². The van der Waals surface area contributed by atoms with E-state index in [1.807, 2.05) is 0 Å². The van der Waals surface area contributed by atoms with Gasteiger partial charge < -0.3 is 10.4 Å². The van der Waals surface area contributed by atoms with Crippen LogP contribution in [0.5, 0.6) is 0 Å². The lowest BCUT2D eigenvalue weighted by Crippen LogP contribution is -2.40. The minimum absolute atomic E-state index is 0.0750. The fourth-order valence-corrected chi connectivity index (χ4v) is 3.36. The third-order valence-corrected chi connectivity index (χ3v) is 5.26. The SMILES string of the molecule is CC(C)(C)NS(=O)(=O)c1ccc(C(=O)NCCC(C)(C)C(=O)O)cc1. The van der Waals surface area contributed by atoms with Crippen LogP contribution in [0.1, 0.15) is 51.4 Å². The summed E-state index contributed by atoms with van der Waals surface area (Å²) in [5.41, 5.74) is -1.22. The number of hydrogen-bond acceptors (Lipinski definition) is 4. The summed E-state index contributed by atoms with van der Waals surface area (Å²) < 4.78 is 27.0. The van der Waals surface area contributed by atoms with Crippen LogP contribution in [0.4, 0.5) is 0 Å². The lowest BCUT2D eigenvalue weighted by molar-refractivity contribution is -0.147. The summed E-state index contributed by atoms with van der Waals surface area (Å²) in [5.74, 6) is -1.31. The molecule has 0 saturated heterocycles. The summed E-state index contributed by atoms with van der Waals surface area (Å²) in [6.07, 6.45) is 0.288. The van der Waals surface area contributed by atoms with E-state index in [4.69, 9.17) is 5.11 Å². The Morgan fingerprint density at radius 3 is 2.00 bits per heavy atom. The van der Waals surface area contributed by atoms with E-state index in [2.05, 4.69) is 10.0 Å². The Kier molecular flexibility index (Phi) is 6.36. The molecule has 140 valence electrons. The van der Waals surface area contributed by atoms with Crippen LogP contribution in [-0.4, -0.2) is 37.5 Å². The molecule has 0 radical (unpaired) electrons. The van der Waals surface area contributed by atoms with Crippen LogP contribution in [0.2, 0.25) is 0 Å². The summed E-state index contributed by atoms with van der Waals surface area (Å²) in [7, 11) is -3.65. The van der Waals surface area contributed by atoms with Crippen molar-refractivity contribution in [1.29, 1.82) is 0 Å². The smallest absolute Gasteiger partial charge is 0.309 e. The molecular formula is C17H26N2O5S. The molecule has 0 aliphatic rings. The monoisotopic (exact) mass is 370 g/mol. The highest BCUT2D eigenvalue weighted by molar-refractivity contribution is 7.89. The summed E-state index contributed by atoms with van der Waals surface area (Å²) in [6, 6.07) is 5.58. The second kappa shape index (κ2) is 7.53. The Bertz CT molecular complexity index is 731. The van der Waals surface area contributed by atoms with Gasteiger partial charge in [-0.2, -0.15) is 0 Å². The maximum absolute atomic E-state index is 12.2. The Balaban J connectivity index is 2.73. The normalized spacial score (nSPS) is 12.7. The number of amides is 1. The summed E-state index contributed by atoms with van der Waals surface area (Å²) in [6.45, 7) is 8.61. The molecule has 25 heavy (non-hydrogen) atoms. The Hall–Kier alpha value is -1.93. The number of carbonyl (C=O) groups excluding carboxylic acids is 1. The van der Waals surface area contributed by atoms with Crippen LogP contribution in [0.15, 0.2) is 29.2 Å². The van der Waals surface area contributed by atoms with Crippen molar-refractivity contribution >= 4 is 21.9 Å². The van der Waals surface area contributed by atoms with Gasteiger partial charge in [0.25, 0.3) is 5.91 Å².